The molecule has 1 aromatic heterocycles. The minimum Gasteiger partial charge on any atom is -0.465 e. The molecule has 1 atom stereocenters. The summed E-state index contributed by atoms with van der Waals surface area (Å²) < 4.78 is 28.5. The third-order valence-electron chi connectivity index (χ3n) is 4.02. The molecule has 0 radical (unpaired) electrons. The average molecular weight is 307 g/mol. The molecule has 2 heterocycles. The largest absolute Gasteiger partial charge is 0.465 e. The van der Waals surface area contributed by atoms with Crippen molar-refractivity contribution in [3.8, 4) is 11.3 Å². The fourth-order valence-electron chi connectivity index (χ4n) is 3.06. The van der Waals surface area contributed by atoms with E-state index < -0.39 is 17.7 Å². The van der Waals surface area contributed by atoms with Crippen molar-refractivity contribution in [2.24, 2.45) is 7.05 Å². The number of carbonyl (C=O) groups is 1. The number of amides is 1. The number of rotatable bonds is 1. The standard InChI is InChI=1S/C15H15F2N3O2/c1-8-13-12(3-4-20(8)15(21)22)14(19(2)18-13)9-5-10(16)7-11(17)6-9/h5-8H,3-4H2,1-2H3,(H,21,22). The highest BCUT2D eigenvalue weighted by Crippen LogP contribution is 2.35. The molecule has 0 aliphatic carbocycles. The van der Waals surface area contributed by atoms with E-state index in [1.54, 1.807) is 18.7 Å². The molecule has 0 saturated heterocycles. The van der Waals surface area contributed by atoms with Gasteiger partial charge in [0, 0.05) is 30.8 Å². The number of hydrogen-bond donors (Lipinski definition) is 1. The minimum absolute atomic E-state index is 0.333. The van der Waals surface area contributed by atoms with Gasteiger partial charge >= 0.3 is 6.09 Å². The molecular weight excluding hydrogens is 292 g/mol. The summed E-state index contributed by atoms with van der Waals surface area (Å²) >= 11 is 0. The molecule has 3 rings (SSSR count). The van der Waals surface area contributed by atoms with Gasteiger partial charge in [-0.05, 0) is 25.5 Å². The van der Waals surface area contributed by atoms with E-state index in [0.29, 0.717) is 29.9 Å². The van der Waals surface area contributed by atoms with Gasteiger partial charge < -0.3 is 5.11 Å². The van der Waals surface area contributed by atoms with Gasteiger partial charge in [-0.25, -0.2) is 13.6 Å². The van der Waals surface area contributed by atoms with Crippen LogP contribution in [0, 0.1) is 11.6 Å². The molecule has 1 aromatic carbocycles. The monoisotopic (exact) mass is 307 g/mol. The van der Waals surface area contributed by atoms with Crippen LogP contribution < -0.4 is 0 Å². The van der Waals surface area contributed by atoms with E-state index in [0.717, 1.165) is 11.6 Å². The molecular formula is C15H15F2N3O2. The molecule has 0 bridgehead atoms. The Morgan fingerprint density at radius 1 is 1.32 bits per heavy atom. The first kappa shape index (κ1) is 14.5. The fourth-order valence-corrected chi connectivity index (χ4v) is 3.06. The lowest BCUT2D eigenvalue weighted by Gasteiger charge is -2.30. The average Bonchev–Trinajstić information content (AvgIpc) is 2.74. The highest BCUT2D eigenvalue weighted by atomic mass is 19.1. The Kier molecular flexibility index (Phi) is 3.35. The van der Waals surface area contributed by atoms with Crippen LogP contribution >= 0.6 is 0 Å². The lowest BCUT2D eigenvalue weighted by molar-refractivity contribution is 0.123. The van der Waals surface area contributed by atoms with Crippen molar-refractivity contribution in [1.82, 2.24) is 14.7 Å². The number of nitrogens with zero attached hydrogens (tertiary/aromatic N) is 3. The number of aromatic nitrogens is 2. The summed E-state index contributed by atoms with van der Waals surface area (Å²) in [6.45, 7) is 2.09. The Morgan fingerprint density at radius 3 is 2.55 bits per heavy atom. The van der Waals surface area contributed by atoms with E-state index in [1.807, 2.05) is 0 Å². The highest BCUT2D eigenvalue weighted by Gasteiger charge is 2.32. The first-order valence-corrected chi connectivity index (χ1v) is 6.90. The van der Waals surface area contributed by atoms with Gasteiger partial charge in [0.15, 0.2) is 0 Å². The van der Waals surface area contributed by atoms with E-state index in [9.17, 15) is 18.7 Å². The van der Waals surface area contributed by atoms with Crippen molar-refractivity contribution in [2.75, 3.05) is 6.54 Å². The molecule has 116 valence electrons. The summed E-state index contributed by atoms with van der Waals surface area (Å²) in [5, 5.41) is 13.6. The van der Waals surface area contributed by atoms with Crippen LogP contribution in [0.4, 0.5) is 13.6 Å². The van der Waals surface area contributed by atoms with Crippen LogP contribution in [0.5, 0.6) is 0 Å². The van der Waals surface area contributed by atoms with E-state index in [2.05, 4.69) is 5.10 Å². The van der Waals surface area contributed by atoms with Crippen molar-refractivity contribution in [3.05, 3.63) is 41.1 Å². The summed E-state index contributed by atoms with van der Waals surface area (Å²) in [7, 11) is 1.69. The molecule has 0 fully saturated rings. The lowest BCUT2D eigenvalue weighted by atomic mass is 9.96. The molecule has 1 aliphatic heterocycles. The van der Waals surface area contributed by atoms with Gasteiger partial charge in [-0.3, -0.25) is 9.58 Å². The summed E-state index contributed by atoms with van der Waals surface area (Å²) in [6, 6.07) is 2.95. The fraction of sp³-hybridized carbons (Fsp3) is 0.333. The number of carboxylic acid groups (broad SMARTS) is 1. The van der Waals surface area contributed by atoms with Gasteiger partial charge in [0.2, 0.25) is 0 Å². The van der Waals surface area contributed by atoms with Crippen molar-refractivity contribution < 1.29 is 18.7 Å². The predicted octanol–water partition coefficient (Wildman–Crippen LogP) is 2.96. The second-order valence-electron chi connectivity index (χ2n) is 5.40. The number of halogens is 2. The maximum atomic E-state index is 13.5. The zero-order chi connectivity index (χ0) is 16.0. The number of fused-ring (bicyclic) bond motifs is 1. The molecule has 5 nitrogen and oxygen atoms in total. The Hall–Kier alpha value is -2.44. The summed E-state index contributed by atoms with van der Waals surface area (Å²) in [5.41, 5.74) is 2.52. The van der Waals surface area contributed by atoms with Crippen LogP contribution in [0.15, 0.2) is 18.2 Å². The lowest BCUT2D eigenvalue weighted by Crippen LogP contribution is -2.37. The third-order valence-corrected chi connectivity index (χ3v) is 4.02. The number of aryl methyl sites for hydroxylation is 1. The quantitative estimate of drug-likeness (QED) is 0.881. The van der Waals surface area contributed by atoms with Gasteiger partial charge in [-0.2, -0.15) is 5.10 Å². The van der Waals surface area contributed by atoms with Gasteiger partial charge in [-0.15, -0.1) is 0 Å². The Bertz CT molecular complexity index is 737. The maximum Gasteiger partial charge on any atom is 0.407 e. The van der Waals surface area contributed by atoms with Gasteiger partial charge in [0.05, 0.1) is 17.4 Å². The molecule has 0 saturated carbocycles. The molecule has 1 unspecified atom stereocenters. The van der Waals surface area contributed by atoms with E-state index in [-0.39, 0.29) is 6.04 Å². The van der Waals surface area contributed by atoms with Gasteiger partial charge in [0.1, 0.15) is 11.6 Å². The second-order valence-corrected chi connectivity index (χ2v) is 5.40. The third kappa shape index (κ3) is 2.22. The summed E-state index contributed by atoms with van der Waals surface area (Å²) in [5.74, 6) is -1.30. The zero-order valence-electron chi connectivity index (χ0n) is 12.2. The van der Waals surface area contributed by atoms with Crippen LogP contribution in [0.1, 0.15) is 24.2 Å². The number of hydrogen-bond acceptors (Lipinski definition) is 2. The van der Waals surface area contributed by atoms with Crippen LogP contribution in [0.2, 0.25) is 0 Å². The van der Waals surface area contributed by atoms with Crippen LogP contribution in [-0.2, 0) is 13.5 Å². The first-order valence-electron chi connectivity index (χ1n) is 6.90. The molecule has 0 spiro atoms. The summed E-state index contributed by atoms with van der Waals surface area (Å²) in [6.07, 6.45) is -0.532. The molecule has 1 amide bonds. The molecule has 7 heteroatoms. The van der Waals surface area contributed by atoms with Crippen molar-refractivity contribution in [3.63, 3.8) is 0 Å². The Labute approximate surface area is 125 Å². The number of benzene rings is 1. The van der Waals surface area contributed by atoms with Crippen molar-refractivity contribution in [2.45, 2.75) is 19.4 Å². The van der Waals surface area contributed by atoms with E-state index in [4.69, 9.17) is 0 Å². The SMILES string of the molecule is CC1c2nn(C)c(-c3cc(F)cc(F)c3)c2CCN1C(=O)O. The van der Waals surface area contributed by atoms with E-state index >= 15 is 0 Å². The molecule has 2 aromatic rings. The van der Waals surface area contributed by atoms with Crippen LogP contribution in [0.3, 0.4) is 0 Å². The van der Waals surface area contributed by atoms with Crippen molar-refractivity contribution in [1.29, 1.82) is 0 Å². The smallest absolute Gasteiger partial charge is 0.407 e. The van der Waals surface area contributed by atoms with Gasteiger partial charge in [0.25, 0.3) is 0 Å². The zero-order valence-corrected chi connectivity index (χ0v) is 12.2. The summed E-state index contributed by atoms with van der Waals surface area (Å²) in [4.78, 5) is 12.5. The topological polar surface area (TPSA) is 58.4 Å². The maximum absolute atomic E-state index is 13.5. The Morgan fingerprint density at radius 2 is 1.95 bits per heavy atom. The van der Waals surface area contributed by atoms with Crippen molar-refractivity contribution >= 4 is 6.09 Å². The molecule has 22 heavy (non-hydrogen) atoms. The first-order chi connectivity index (χ1) is 10.4. The highest BCUT2D eigenvalue weighted by molar-refractivity contribution is 5.69. The minimum atomic E-state index is -0.998. The normalized spacial score (nSPS) is 17.5. The van der Waals surface area contributed by atoms with E-state index in [1.165, 1.54) is 17.0 Å². The second kappa shape index (κ2) is 5.08. The van der Waals surface area contributed by atoms with Crippen LogP contribution in [0.25, 0.3) is 11.3 Å². The van der Waals surface area contributed by atoms with Gasteiger partial charge in [-0.1, -0.05) is 0 Å². The molecule has 1 aliphatic rings. The van der Waals surface area contributed by atoms with Crippen LogP contribution in [-0.4, -0.2) is 32.4 Å². The Balaban J connectivity index is 2.13. The predicted molar refractivity (Wildman–Crippen MR) is 75.4 cm³/mol. The molecule has 1 N–H and O–H groups in total.